The lowest BCUT2D eigenvalue weighted by atomic mass is 10.2. The first kappa shape index (κ1) is 20.6. The maximum Gasteiger partial charge on any atom is 0.291 e. The third kappa shape index (κ3) is 5.04. The molecule has 0 saturated carbocycles. The summed E-state index contributed by atoms with van der Waals surface area (Å²) in [6.45, 7) is 1.36. The van der Waals surface area contributed by atoms with Crippen molar-refractivity contribution >= 4 is 44.6 Å². The molecule has 0 spiro atoms. The molecule has 0 saturated heterocycles. The van der Waals surface area contributed by atoms with Gasteiger partial charge in [-0.05, 0) is 36.4 Å². The molecule has 0 fully saturated rings. The fraction of sp³-hybridized carbons (Fsp3) is 0.100. The molecule has 9 heteroatoms. The van der Waals surface area contributed by atoms with Gasteiger partial charge in [-0.3, -0.25) is 9.59 Å². The third-order valence-corrected chi connectivity index (χ3v) is 5.95. The molecule has 1 aromatic heterocycles. The predicted molar refractivity (Wildman–Crippen MR) is 110 cm³/mol. The summed E-state index contributed by atoms with van der Waals surface area (Å²) in [5.74, 6) is -1.46. The second-order valence-electron chi connectivity index (χ2n) is 6.18. The Balaban J connectivity index is 1.82. The van der Waals surface area contributed by atoms with Crippen LogP contribution in [0.15, 0.2) is 70.2 Å². The number of nitrogens with one attached hydrogen (secondary N) is 2. The van der Waals surface area contributed by atoms with E-state index in [2.05, 4.69) is 10.6 Å². The maximum absolute atomic E-state index is 12.7. The average Bonchev–Trinajstić information content (AvgIpc) is 3.12. The summed E-state index contributed by atoms with van der Waals surface area (Å²) in [6.07, 6.45) is 1.25. The number of hydrogen-bond donors (Lipinski definition) is 2. The van der Waals surface area contributed by atoms with E-state index in [4.69, 9.17) is 16.0 Å². The van der Waals surface area contributed by atoms with E-state index in [0.29, 0.717) is 5.69 Å². The first-order valence-electron chi connectivity index (χ1n) is 8.49. The van der Waals surface area contributed by atoms with Crippen LogP contribution in [0.1, 0.15) is 23.0 Å². The van der Waals surface area contributed by atoms with E-state index in [9.17, 15) is 18.0 Å². The van der Waals surface area contributed by atoms with Crippen molar-refractivity contribution in [3.63, 3.8) is 0 Å². The Kier molecular flexibility index (Phi) is 6.05. The van der Waals surface area contributed by atoms with Crippen molar-refractivity contribution in [3.05, 3.63) is 77.2 Å². The first-order chi connectivity index (χ1) is 13.8. The van der Waals surface area contributed by atoms with Crippen LogP contribution in [0.5, 0.6) is 0 Å². The zero-order valence-corrected chi connectivity index (χ0v) is 16.9. The Labute approximate surface area is 172 Å². The lowest BCUT2D eigenvalue weighted by Gasteiger charge is -2.10. The molecule has 2 amide bonds. The molecule has 0 aliphatic heterocycles. The number of hydrogen-bond acceptors (Lipinski definition) is 5. The molecule has 2 N–H and O–H groups in total. The molecule has 3 aromatic rings. The second-order valence-corrected chi connectivity index (χ2v) is 8.57. The van der Waals surface area contributed by atoms with E-state index in [1.54, 1.807) is 24.3 Å². The van der Waals surface area contributed by atoms with Gasteiger partial charge in [-0.2, -0.15) is 0 Å². The normalized spacial score (nSPS) is 11.1. The SMILES string of the molecule is CC(=O)Nc1ccc(Cl)c(NC(=O)c2occc2CS(=O)(=O)c2ccccc2)c1. The maximum atomic E-state index is 12.7. The van der Waals surface area contributed by atoms with Crippen molar-refractivity contribution < 1.29 is 22.4 Å². The zero-order valence-electron chi connectivity index (χ0n) is 15.3. The van der Waals surface area contributed by atoms with E-state index in [-0.39, 0.29) is 32.8 Å². The van der Waals surface area contributed by atoms with Gasteiger partial charge in [0.15, 0.2) is 15.6 Å². The summed E-state index contributed by atoms with van der Waals surface area (Å²) in [5.41, 5.74) is 0.917. The van der Waals surface area contributed by atoms with Gasteiger partial charge in [0.1, 0.15) is 0 Å². The molecule has 7 nitrogen and oxygen atoms in total. The molecule has 0 aliphatic carbocycles. The highest BCUT2D eigenvalue weighted by Gasteiger charge is 2.23. The summed E-state index contributed by atoms with van der Waals surface area (Å²) in [7, 11) is -3.65. The summed E-state index contributed by atoms with van der Waals surface area (Å²) in [5, 5.41) is 5.42. The van der Waals surface area contributed by atoms with E-state index in [1.807, 2.05) is 0 Å². The molecule has 29 heavy (non-hydrogen) atoms. The van der Waals surface area contributed by atoms with Gasteiger partial charge in [0.25, 0.3) is 5.91 Å². The van der Waals surface area contributed by atoms with Crippen molar-refractivity contribution in [1.29, 1.82) is 0 Å². The molecule has 0 unspecified atom stereocenters. The van der Waals surface area contributed by atoms with E-state index in [1.165, 1.54) is 43.5 Å². The van der Waals surface area contributed by atoms with Crippen LogP contribution in [0.3, 0.4) is 0 Å². The highest BCUT2D eigenvalue weighted by molar-refractivity contribution is 7.90. The highest BCUT2D eigenvalue weighted by Crippen LogP contribution is 2.27. The molecule has 0 atom stereocenters. The minimum atomic E-state index is -3.65. The standard InChI is InChI=1S/C20H17ClN2O5S/c1-13(24)22-15-7-8-17(21)18(11-15)23-20(25)19-14(9-10-28-19)12-29(26,27)16-5-3-2-4-6-16/h2-11H,12H2,1H3,(H,22,24)(H,23,25). The quantitative estimate of drug-likeness (QED) is 0.609. The molecule has 0 bridgehead atoms. The Morgan fingerprint density at radius 1 is 1.03 bits per heavy atom. The third-order valence-electron chi connectivity index (χ3n) is 3.94. The van der Waals surface area contributed by atoms with Crippen LogP contribution >= 0.6 is 11.6 Å². The first-order valence-corrected chi connectivity index (χ1v) is 10.5. The number of carbonyl (C=O) groups excluding carboxylic acids is 2. The van der Waals surface area contributed by atoms with Gasteiger partial charge in [0.2, 0.25) is 5.91 Å². The smallest absolute Gasteiger partial charge is 0.291 e. The molecule has 150 valence electrons. The van der Waals surface area contributed by atoms with Crippen LogP contribution in [-0.2, 0) is 20.4 Å². The Bertz CT molecular complexity index is 1160. The molecule has 0 aliphatic rings. The van der Waals surface area contributed by atoms with Crippen LogP contribution < -0.4 is 10.6 Å². The van der Waals surface area contributed by atoms with Gasteiger partial charge in [-0.15, -0.1) is 0 Å². The van der Waals surface area contributed by atoms with Crippen LogP contribution in [0.25, 0.3) is 0 Å². The lowest BCUT2D eigenvalue weighted by Crippen LogP contribution is -2.15. The molecule has 3 rings (SSSR count). The Hall–Kier alpha value is -3.10. The Morgan fingerprint density at radius 2 is 1.76 bits per heavy atom. The van der Waals surface area contributed by atoms with Gasteiger partial charge in [-0.1, -0.05) is 29.8 Å². The largest absolute Gasteiger partial charge is 0.459 e. The molecular formula is C20H17ClN2O5S. The van der Waals surface area contributed by atoms with Crippen LogP contribution in [-0.4, -0.2) is 20.2 Å². The Morgan fingerprint density at radius 3 is 2.45 bits per heavy atom. The van der Waals surface area contributed by atoms with Crippen molar-refractivity contribution in [2.45, 2.75) is 17.6 Å². The van der Waals surface area contributed by atoms with Gasteiger partial charge in [0, 0.05) is 18.2 Å². The van der Waals surface area contributed by atoms with Crippen molar-refractivity contribution in [2.75, 3.05) is 10.6 Å². The fourth-order valence-corrected chi connectivity index (χ4v) is 4.19. The number of halogens is 1. The lowest BCUT2D eigenvalue weighted by molar-refractivity contribution is -0.114. The van der Waals surface area contributed by atoms with E-state index >= 15 is 0 Å². The number of furan rings is 1. The van der Waals surface area contributed by atoms with Crippen LogP contribution in [0.4, 0.5) is 11.4 Å². The van der Waals surface area contributed by atoms with Gasteiger partial charge >= 0.3 is 0 Å². The monoisotopic (exact) mass is 432 g/mol. The molecule has 2 aromatic carbocycles. The van der Waals surface area contributed by atoms with Gasteiger partial charge < -0.3 is 15.1 Å². The minimum Gasteiger partial charge on any atom is -0.459 e. The molecule has 1 heterocycles. The van der Waals surface area contributed by atoms with Crippen LogP contribution in [0, 0.1) is 0 Å². The van der Waals surface area contributed by atoms with Crippen molar-refractivity contribution in [1.82, 2.24) is 0 Å². The summed E-state index contributed by atoms with van der Waals surface area (Å²) < 4.78 is 30.4. The van der Waals surface area contributed by atoms with Crippen molar-refractivity contribution in [2.24, 2.45) is 0 Å². The van der Waals surface area contributed by atoms with Crippen molar-refractivity contribution in [3.8, 4) is 0 Å². The number of rotatable bonds is 6. The zero-order chi connectivity index (χ0) is 21.0. The minimum absolute atomic E-state index is 0.134. The second kappa shape index (κ2) is 8.50. The summed E-state index contributed by atoms with van der Waals surface area (Å²) >= 11 is 6.11. The predicted octanol–water partition coefficient (Wildman–Crippen LogP) is 4.12. The number of benzene rings is 2. The fourth-order valence-electron chi connectivity index (χ4n) is 2.65. The van der Waals surface area contributed by atoms with E-state index in [0.717, 1.165) is 0 Å². The summed E-state index contributed by atoms with van der Waals surface area (Å²) in [4.78, 5) is 24.0. The van der Waals surface area contributed by atoms with Gasteiger partial charge in [0.05, 0.1) is 27.6 Å². The average molecular weight is 433 g/mol. The number of amides is 2. The topological polar surface area (TPSA) is 105 Å². The highest BCUT2D eigenvalue weighted by atomic mass is 35.5. The van der Waals surface area contributed by atoms with Crippen LogP contribution in [0.2, 0.25) is 5.02 Å². The molecular weight excluding hydrogens is 416 g/mol. The van der Waals surface area contributed by atoms with E-state index < -0.39 is 21.5 Å². The molecule has 0 radical (unpaired) electrons. The number of carbonyl (C=O) groups is 2. The number of sulfone groups is 1. The number of anilines is 2. The summed E-state index contributed by atoms with van der Waals surface area (Å²) in [6, 6.07) is 14.0. The van der Waals surface area contributed by atoms with Gasteiger partial charge in [-0.25, -0.2) is 8.42 Å².